The van der Waals surface area contributed by atoms with E-state index in [4.69, 9.17) is 9.47 Å². The third kappa shape index (κ3) is 5.26. The molecule has 0 aliphatic carbocycles. The molecule has 3 aromatic carbocycles. The van der Waals surface area contributed by atoms with Crippen LogP contribution in [0.3, 0.4) is 0 Å². The fourth-order valence-corrected chi connectivity index (χ4v) is 4.59. The first-order chi connectivity index (χ1) is 18.0. The van der Waals surface area contributed by atoms with Gasteiger partial charge in [0.15, 0.2) is 0 Å². The largest absolute Gasteiger partial charge is 0.497 e. The fraction of sp³-hybridized carbons (Fsp3) is 0.233. The lowest BCUT2D eigenvalue weighted by Gasteiger charge is -2.19. The van der Waals surface area contributed by atoms with Crippen molar-refractivity contribution >= 4 is 28.4 Å². The Morgan fingerprint density at radius 3 is 2.30 bits per heavy atom. The molecule has 0 spiro atoms. The number of ether oxygens (including phenoxy) is 2. The minimum atomic E-state index is -0.213. The summed E-state index contributed by atoms with van der Waals surface area (Å²) in [7, 11) is 1.64. The summed E-state index contributed by atoms with van der Waals surface area (Å²) in [4.78, 5) is 31.2. The Morgan fingerprint density at radius 1 is 0.919 bits per heavy atom. The number of rotatable bonds is 10. The standard InChI is InChI=1S/C30H29N3O4/c1-20(9-8-14-33-29(34)25-12-6-7-13-26(25)30(33)35)32-27-17-23(36-2)15-22-16-24(18-31-28(22)27)37-19-21-10-4-3-5-11-21/h3-7,10-13,15-18,20,32H,8-9,14,19H2,1-2H3. The van der Waals surface area contributed by atoms with Gasteiger partial charge >= 0.3 is 0 Å². The summed E-state index contributed by atoms with van der Waals surface area (Å²) in [6.45, 7) is 2.93. The Kier molecular flexibility index (Phi) is 7.03. The van der Waals surface area contributed by atoms with Crippen LogP contribution in [-0.4, -0.2) is 41.4 Å². The molecule has 7 nitrogen and oxygen atoms in total. The number of imide groups is 1. The van der Waals surface area contributed by atoms with Gasteiger partial charge in [0.1, 0.15) is 18.1 Å². The number of amides is 2. The highest BCUT2D eigenvalue weighted by atomic mass is 16.5. The summed E-state index contributed by atoms with van der Waals surface area (Å²) in [6.07, 6.45) is 3.19. The van der Waals surface area contributed by atoms with Crippen LogP contribution in [0.4, 0.5) is 5.69 Å². The molecule has 37 heavy (non-hydrogen) atoms. The van der Waals surface area contributed by atoms with Crippen LogP contribution >= 0.6 is 0 Å². The zero-order valence-electron chi connectivity index (χ0n) is 20.9. The Hall–Kier alpha value is -4.39. The normalized spacial score (nSPS) is 13.5. The van der Waals surface area contributed by atoms with E-state index < -0.39 is 0 Å². The first kappa shape index (κ1) is 24.3. The van der Waals surface area contributed by atoms with Crippen molar-refractivity contribution < 1.29 is 19.1 Å². The second-order valence-corrected chi connectivity index (χ2v) is 9.19. The van der Waals surface area contributed by atoms with Gasteiger partial charge in [-0.15, -0.1) is 0 Å². The molecular weight excluding hydrogens is 466 g/mol. The number of nitrogens with zero attached hydrogens (tertiary/aromatic N) is 2. The van der Waals surface area contributed by atoms with E-state index in [0.717, 1.165) is 34.3 Å². The van der Waals surface area contributed by atoms with Crippen LogP contribution in [0.15, 0.2) is 79.0 Å². The lowest BCUT2D eigenvalue weighted by Crippen LogP contribution is -2.31. The third-order valence-corrected chi connectivity index (χ3v) is 6.51. The number of hydrogen-bond acceptors (Lipinski definition) is 6. The van der Waals surface area contributed by atoms with Crippen molar-refractivity contribution in [3.8, 4) is 11.5 Å². The Bertz CT molecular complexity index is 1400. The van der Waals surface area contributed by atoms with Crippen molar-refractivity contribution in [2.75, 3.05) is 19.0 Å². The monoisotopic (exact) mass is 495 g/mol. The minimum absolute atomic E-state index is 0.0845. The molecule has 0 saturated heterocycles. The molecule has 5 rings (SSSR count). The van der Waals surface area contributed by atoms with E-state index in [9.17, 15) is 9.59 Å². The lowest BCUT2D eigenvalue weighted by molar-refractivity contribution is 0.0651. The van der Waals surface area contributed by atoms with Crippen LogP contribution in [0.2, 0.25) is 0 Å². The molecule has 1 aromatic heterocycles. The lowest BCUT2D eigenvalue weighted by atomic mass is 10.1. The summed E-state index contributed by atoms with van der Waals surface area (Å²) in [6, 6.07) is 22.9. The molecule has 2 amide bonds. The highest BCUT2D eigenvalue weighted by Crippen LogP contribution is 2.31. The van der Waals surface area contributed by atoms with E-state index in [2.05, 4.69) is 17.2 Å². The number of carbonyl (C=O) groups is 2. The second-order valence-electron chi connectivity index (χ2n) is 9.19. The Morgan fingerprint density at radius 2 is 1.59 bits per heavy atom. The molecule has 1 unspecified atom stereocenters. The maximum absolute atomic E-state index is 12.6. The summed E-state index contributed by atoms with van der Waals surface area (Å²) in [5.41, 5.74) is 3.74. The van der Waals surface area contributed by atoms with Crippen molar-refractivity contribution in [2.24, 2.45) is 0 Å². The number of methoxy groups -OCH3 is 1. The van der Waals surface area contributed by atoms with Gasteiger partial charge in [0, 0.05) is 24.0 Å². The molecule has 0 fully saturated rings. The average molecular weight is 496 g/mol. The Balaban J connectivity index is 1.23. The number of pyridine rings is 1. The van der Waals surface area contributed by atoms with E-state index >= 15 is 0 Å². The van der Waals surface area contributed by atoms with Gasteiger partial charge in [0.25, 0.3) is 11.8 Å². The molecule has 1 N–H and O–H groups in total. The molecule has 2 heterocycles. The number of hydrogen-bond donors (Lipinski definition) is 1. The van der Waals surface area contributed by atoms with Crippen LogP contribution in [0, 0.1) is 0 Å². The quantitative estimate of drug-likeness (QED) is 0.284. The minimum Gasteiger partial charge on any atom is -0.497 e. The van der Waals surface area contributed by atoms with Gasteiger partial charge in [0.05, 0.1) is 35.6 Å². The number of aromatic nitrogens is 1. The van der Waals surface area contributed by atoms with Crippen LogP contribution in [-0.2, 0) is 6.61 Å². The van der Waals surface area contributed by atoms with E-state index in [1.165, 1.54) is 4.90 Å². The molecule has 4 aromatic rings. The molecule has 0 bridgehead atoms. The third-order valence-electron chi connectivity index (χ3n) is 6.51. The summed E-state index contributed by atoms with van der Waals surface area (Å²) in [5.74, 6) is 0.976. The SMILES string of the molecule is COc1cc(NC(C)CCCN2C(=O)c3ccccc3C2=O)c2ncc(OCc3ccccc3)cc2c1. The van der Waals surface area contributed by atoms with E-state index in [1.807, 2.05) is 48.5 Å². The molecule has 0 saturated carbocycles. The van der Waals surface area contributed by atoms with Crippen molar-refractivity contribution in [1.82, 2.24) is 9.88 Å². The van der Waals surface area contributed by atoms with Crippen LogP contribution in [0.1, 0.15) is 46.0 Å². The number of fused-ring (bicyclic) bond motifs is 2. The summed E-state index contributed by atoms with van der Waals surface area (Å²) >= 11 is 0. The maximum Gasteiger partial charge on any atom is 0.261 e. The zero-order chi connectivity index (χ0) is 25.8. The number of nitrogens with one attached hydrogen (secondary N) is 1. The predicted molar refractivity (Wildman–Crippen MR) is 143 cm³/mol. The van der Waals surface area contributed by atoms with E-state index in [-0.39, 0.29) is 17.9 Å². The number of benzene rings is 3. The molecule has 188 valence electrons. The smallest absolute Gasteiger partial charge is 0.261 e. The highest BCUT2D eigenvalue weighted by molar-refractivity contribution is 6.21. The van der Waals surface area contributed by atoms with Gasteiger partial charge in [-0.1, -0.05) is 42.5 Å². The number of anilines is 1. The van der Waals surface area contributed by atoms with Gasteiger partial charge in [-0.05, 0) is 49.6 Å². The number of carbonyl (C=O) groups excluding carboxylic acids is 2. The van der Waals surface area contributed by atoms with Gasteiger partial charge in [-0.3, -0.25) is 19.5 Å². The highest BCUT2D eigenvalue weighted by Gasteiger charge is 2.34. The van der Waals surface area contributed by atoms with Crippen LogP contribution < -0.4 is 14.8 Å². The molecular formula is C30H29N3O4. The van der Waals surface area contributed by atoms with Gasteiger partial charge in [0.2, 0.25) is 0 Å². The fourth-order valence-electron chi connectivity index (χ4n) is 4.59. The molecule has 7 heteroatoms. The van der Waals surface area contributed by atoms with Crippen LogP contribution in [0.25, 0.3) is 10.9 Å². The summed E-state index contributed by atoms with van der Waals surface area (Å²) in [5, 5.41) is 4.44. The average Bonchev–Trinajstić information content (AvgIpc) is 3.17. The molecule has 1 aliphatic heterocycles. The van der Waals surface area contributed by atoms with Crippen molar-refractivity contribution in [1.29, 1.82) is 0 Å². The van der Waals surface area contributed by atoms with Gasteiger partial charge < -0.3 is 14.8 Å². The zero-order valence-corrected chi connectivity index (χ0v) is 20.9. The van der Waals surface area contributed by atoms with Crippen molar-refractivity contribution in [2.45, 2.75) is 32.4 Å². The van der Waals surface area contributed by atoms with E-state index in [0.29, 0.717) is 36.4 Å². The first-order valence-corrected chi connectivity index (χ1v) is 12.4. The topological polar surface area (TPSA) is 80.8 Å². The first-order valence-electron chi connectivity index (χ1n) is 12.4. The van der Waals surface area contributed by atoms with Crippen molar-refractivity contribution in [3.63, 3.8) is 0 Å². The molecule has 1 aliphatic rings. The Labute approximate surface area is 216 Å². The molecule has 0 radical (unpaired) electrons. The van der Waals surface area contributed by atoms with Gasteiger partial charge in [-0.25, -0.2) is 0 Å². The predicted octanol–water partition coefficient (Wildman–Crippen LogP) is 5.70. The molecule has 1 atom stereocenters. The van der Waals surface area contributed by atoms with E-state index in [1.54, 1.807) is 37.6 Å². The van der Waals surface area contributed by atoms with Crippen LogP contribution in [0.5, 0.6) is 11.5 Å². The summed E-state index contributed by atoms with van der Waals surface area (Å²) < 4.78 is 11.5. The van der Waals surface area contributed by atoms with Crippen molar-refractivity contribution in [3.05, 3.63) is 95.7 Å². The van der Waals surface area contributed by atoms with Gasteiger partial charge in [-0.2, -0.15) is 0 Å². The second kappa shape index (κ2) is 10.7. The maximum atomic E-state index is 12.6.